The second-order valence-corrected chi connectivity index (χ2v) is 6.79. The standard InChI is InChI=1S/C11H14ClFN2O2S.ClH/c12-10-5-8(1-2-11(10)13)7-18(16,17)15-4-3-9(14)6-15;/h1-2,5,9H,3-4,6-7,14H2;1H/t9-;/m0./s1. The van der Waals surface area contributed by atoms with Crippen LogP contribution >= 0.6 is 24.0 Å². The predicted octanol–water partition coefficient (Wildman–Crippen LogP) is 1.76. The number of hydrogen-bond acceptors (Lipinski definition) is 3. The highest BCUT2D eigenvalue weighted by Crippen LogP contribution is 2.20. The largest absolute Gasteiger partial charge is 0.326 e. The number of halogens is 3. The van der Waals surface area contributed by atoms with Gasteiger partial charge in [0.1, 0.15) is 5.82 Å². The summed E-state index contributed by atoms with van der Waals surface area (Å²) in [6, 6.07) is 3.83. The Labute approximate surface area is 123 Å². The van der Waals surface area contributed by atoms with Crippen LogP contribution in [-0.4, -0.2) is 31.9 Å². The average Bonchev–Trinajstić information content (AvgIpc) is 2.71. The van der Waals surface area contributed by atoms with Crippen LogP contribution in [0.15, 0.2) is 18.2 Å². The van der Waals surface area contributed by atoms with Crippen molar-refractivity contribution in [2.24, 2.45) is 5.73 Å². The zero-order valence-electron chi connectivity index (χ0n) is 10.1. The van der Waals surface area contributed by atoms with E-state index < -0.39 is 15.8 Å². The molecule has 1 aromatic carbocycles. The van der Waals surface area contributed by atoms with Crippen molar-refractivity contribution in [3.63, 3.8) is 0 Å². The summed E-state index contributed by atoms with van der Waals surface area (Å²) in [6.45, 7) is 0.787. The van der Waals surface area contributed by atoms with Crippen molar-refractivity contribution in [2.45, 2.75) is 18.2 Å². The van der Waals surface area contributed by atoms with E-state index in [-0.39, 0.29) is 29.2 Å². The van der Waals surface area contributed by atoms with Crippen LogP contribution < -0.4 is 5.73 Å². The van der Waals surface area contributed by atoms with Gasteiger partial charge in [-0.05, 0) is 24.1 Å². The first-order chi connectivity index (χ1) is 8.38. The van der Waals surface area contributed by atoms with Gasteiger partial charge >= 0.3 is 0 Å². The van der Waals surface area contributed by atoms with Crippen LogP contribution in [0.3, 0.4) is 0 Å². The molecule has 1 aromatic rings. The zero-order chi connectivity index (χ0) is 13.3. The Balaban J connectivity index is 0.00000180. The molecule has 2 N–H and O–H groups in total. The Morgan fingerprint density at radius 3 is 2.68 bits per heavy atom. The molecule has 0 amide bonds. The van der Waals surface area contributed by atoms with Gasteiger partial charge in [0.2, 0.25) is 10.0 Å². The van der Waals surface area contributed by atoms with Crippen LogP contribution in [0, 0.1) is 5.82 Å². The summed E-state index contributed by atoms with van der Waals surface area (Å²) in [5.41, 5.74) is 6.16. The van der Waals surface area contributed by atoms with Crippen molar-refractivity contribution in [2.75, 3.05) is 13.1 Å². The van der Waals surface area contributed by atoms with Gasteiger partial charge in [0.25, 0.3) is 0 Å². The summed E-state index contributed by atoms with van der Waals surface area (Å²) in [5, 5.41) is -0.0687. The number of rotatable bonds is 3. The monoisotopic (exact) mass is 328 g/mol. The molecule has 108 valence electrons. The van der Waals surface area contributed by atoms with Crippen molar-refractivity contribution in [1.82, 2.24) is 4.31 Å². The third-order valence-corrected chi connectivity index (χ3v) is 5.02. The molecule has 0 aromatic heterocycles. The molecule has 0 unspecified atom stereocenters. The normalized spacial score (nSPS) is 20.3. The first kappa shape index (κ1) is 16.7. The number of benzene rings is 1. The smallest absolute Gasteiger partial charge is 0.218 e. The molecule has 1 aliphatic heterocycles. The molecule has 0 aliphatic carbocycles. The van der Waals surface area contributed by atoms with E-state index in [1.165, 1.54) is 22.5 Å². The van der Waals surface area contributed by atoms with Gasteiger partial charge in [-0.2, -0.15) is 0 Å². The fraction of sp³-hybridized carbons (Fsp3) is 0.455. The van der Waals surface area contributed by atoms with Crippen LogP contribution in [0.2, 0.25) is 5.02 Å². The summed E-state index contributed by atoms with van der Waals surface area (Å²) < 4.78 is 38.5. The zero-order valence-corrected chi connectivity index (χ0v) is 12.4. The van der Waals surface area contributed by atoms with Gasteiger partial charge in [-0.15, -0.1) is 12.4 Å². The summed E-state index contributed by atoms with van der Waals surface area (Å²) in [5.74, 6) is -0.735. The molecule has 19 heavy (non-hydrogen) atoms. The lowest BCUT2D eigenvalue weighted by Crippen LogP contribution is -2.32. The van der Waals surface area contributed by atoms with E-state index in [4.69, 9.17) is 17.3 Å². The van der Waals surface area contributed by atoms with E-state index in [9.17, 15) is 12.8 Å². The molecule has 2 rings (SSSR count). The van der Waals surface area contributed by atoms with Gasteiger partial charge < -0.3 is 5.73 Å². The molecule has 1 aliphatic rings. The summed E-state index contributed by atoms with van der Waals surface area (Å²) in [7, 11) is -3.40. The van der Waals surface area contributed by atoms with Crippen LogP contribution in [0.4, 0.5) is 4.39 Å². The van der Waals surface area contributed by atoms with Gasteiger partial charge in [-0.1, -0.05) is 17.7 Å². The predicted molar refractivity (Wildman–Crippen MR) is 75.4 cm³/mol. The van der Waals surface area contributed by atoms with Crippen LogP contribution in [0.5, 0.6) is 0 Å². The number of nitrogens with zero attached hydrogens (tertiary/aromatic N) is 1. The van der Waals surface area contributed by atoms with Gasteiger partial charge in [0.05, 0.1) is 10.8 Å². The molecule has 4 nitrogen and oxygen atoms in total. The minimum atomic E-state index is -3.40. The molecular formula is C11H15Cl2FN2O2S. The van der Waals surface area contributed by atoms with Crippen molar-refractivity contribution < 1.29 is 12.8 Å². The lowest BCUT2D eigenvalue weighted by Gasteiger charge is -2.16. The quantitative estimate of drug-likeness (QED) is 0.919. The molecule has 1 saturated heterocycles. The highest BCUT2D eigenvalue weighted by Gasteiger charge is 2.29. The Morgan fingerprint density at radius 1 is 1.47 bits per heavy atom. The minimum absolute atomic E-state index is 0. The average molecular weight is 329 g/mol. The number of sulfonamides is 1. The van der Waals surface area contributed by atoms with Crippen molar-refractivity contribution in [3.8, 4) is 0 Å². The molecule has 0 radical (unpaired) electrons. The van der Waals surface area contributed by atoms with Crippen LogP contribution in [-0.2, 0) is 15.8 Å². The fourth-order valence-corrected chi connectivity index (χ4v) is 3.73. The Bertz CT molecular complexity index is 554. The Morgan fingerprint density at radius 2 is 2.16 bits per heavy atom. The molecule has 0 spiro atoms. The maximum absolute atomic E-state index is 13.0. The van der Waals surface area contributed by atoms with Gasteiger partial charge in [-0.3, -0.25) is 0 Å². The lowest BCUT2D eigenvalue weighted by molar-refractivity contribution is 0.471. The Hall–Kier alpha value is -0.400. The third kappa shape index (κ3) is 4.03. The van der Waals surface area contributed by atoms with Gasteiger partial charge in [0.15, 0.2) is 0 Å². The van der Waals surface area contributed by atoms with Crippen LogP contribution in [0.25, 0.3) is 0 Å². The van der Waals surface area contributed by atoms with E-state index >= 15 is 0 Å². The number of hydrogen-bond donors (Lipinski definition) is 1. The summed E-state index contributed by atoms with van der Waals surface area (Å²) >= 11 is 5.62. The van der Waals surface area contributed by atoms with Gasteiger partial charge in [0, 0.05) is 19.1 Å². The topological polar surface area (TPSA) is 63.4 Å². The molecule has 1 fully saturated rings. The summed E-state index contributed by atoms with van der Waals surface area (Å²) in [4.78, 5) is 0. The van der Waals surface area contributed by atoms with Crippen molar-refractivity contribution in [3.05, 3.63) is 34.6 Å². The second kappa shape index (κ2) is 6.37. The van der Waals surface area contributed by atoms with Crippen LogP contribution in [0.1, 0.15) is 12.0 Å². The highest BCUT2D eigenvalue weighted by atomic mass is 35.5. The van der Waals surface area contributed by atoms with E-state index in [1.54, 1.807) is 0 Å². The van der Waals surface area contributed by atoms with E-state index in [0.717, 1.165) is 0 Å². The molecule has 1 atom stereocenters. The van der Waals surface area contributed by atoms with E-state index in [2.05, 4.69) is 0 Å². The van der Waals surface area contributed by atoms with Crippen molar-refractivity contribution in [1.29, 1.82) is 0 Å². The summed E-state index contributed by atoms with van der Waals surface area (Å²) in [6.07, 6.45) is 0.670. The highest BCUT2D eigenvalue weighted by molar-refractivity contribution is 7.88. The third-order valence-electron chi connectivity index (χ3n) is 2.91. The maximum atomic E-state index is 13.0. The Kier molecular flexibility index (Phi) is 5.58. The minimum Gasteiger partial charge on any atom is -0.326 e. The number of nitrogens with two attached hydrogens (primary N) is 1. The maximum Gasteiger partial charge on any atom is 0.218 e. The SMILES string of the molecule is Cl.N[C@H]1CCN(S(=O)(=O)Cc2ccc(F)c(Cl)c2)C1. The van der Waals surface area contributed by atoms with E-state index in [1.807, 2.05) is 0 Å². The first-order valence-corrected chi connectivity index (χ1v) is 7.54. The lowest BCUT2D eigenvalue weighted by atomic mass is 10.2. The second-order valence-electron chi connectivity index (χ2n) is 4.41. The van der Waals surface area contributed by atoms with Crippen molar-refractivity contribution >= 4 is 34.0 Å². The molecular weight excluding hydrogens is 314 g/mol. The molecule has 1 heterocycles. The van der Waals surface area contributed by atoms with Gasteiger partial charge in [-0.25, -0.2) is 17.1 Å². The molecule has 0 saturated carbocycles. The van der Waals surface area contributed by atoms with E-state index in [0.29, 0.717) is 25.1 Å². The first-order valence-electron chi connectivity index (χ1n) is 5.56. The fourth-order valence-electron chi connectivity index (χ4n) is 1.94. The molecule has 0 bridgehead atoms. The molecule has 8 heteroatoms.